The second-order valence-electron chi connectivity index (χ2n) is 9.73. The molecule has 5 rings (SSSR count). The molecule has 218 valence electrons. The van der Waals surface area contributed by atoms with Crippen LogP contribution in [0.3, 0.4) is 0 Å². The Labute approximate surface area is 249 Å². The first-order valence-corrected chi connectivity index (χ1v) is 15.0. The van der Waals surface area contributed by atoms with Crippen LogP contribution in [0.25, 0.3) is 11.3 Å². The highest BCUT2D eigenvalue weighted by molar-refractivity contribution is 7.80. The molecule has 0 bridgehead atoms. The first kappa shape index (κ1) is 29.2. The third kappa shape index (κ3) is 7.92. The lowest BCUT2D eigenvalue weighted by Gasteiger charge is -2.40. The third-order valence-electron chi connectivity index (χ3n) is 6.95. The lowest BCUT2D eigenvalue weighted by atomic mass is 10.2. The summed E-state index contributed by atoms with van der Waals surface area (Å²) in [6.45, 7) is 5.57. The number of aromatic nitrogens is 1. The van der Waals surface area contributed by atoms with E-state index in [0.717, 1.165) is 78.4 Å². The summed E-state index contributed by atoms with van der Waals surface area (Å²) < 4.78 is 23.2. The lowest BCUT2D eigenvalue weighted by Crippen LogP contribution is -2.55. The average molecular weight is 598 g/mol. The smallest absolute Gasteiger partial charge is 0.190 e. The van der Waals surface area contributed by atoms with Crippen molar-refractivity contribution in [2.24, 2.45) is 10.9 Å². The first-order valence-electron chi connectivity index (χ1n) is 13.7. The van der Waals surface area contributed by atoms with E-state index >= 15 is 0 Å². The molecule has 0 aliphatic carbocycles. The number of thiazole rings is 1. The van der Waals surface area contributed by atoms with Gasteiger partial charge in [0.2, 0.25) is 0 Å². The highest BCUT2D eigenvalue weighted by Crippen LogP contribution is 2.30. The fraction of sp³-hybridized carbons (Fsp3) is 0.414. The number of nitrogens with two attached hydrogens (primary N) is 1. The van der Waals surface area contributed by atoms with E-state index in [0.29, 0.717) is 31.9 Å². The molecule has 2 aromatic carbocycles. The van der Waals surface area contributed by atoms with Crippen molar-refractivity contribution in [3.05, 3.63) is 59.5 Å². The standard InChI is InChI=1S/C29H35N5O5S2/c30-28(32-35)22-6-10-24(11-7-22)38-15-3-1-2-14-37-23-8-4-21(5-9-23)25-20-41-29(31-25)34-18-26(39-19-27(34)40)33-12-16-36-17-13-33/h4-11,20,26,35H,1-3,12-19H2,(H2,30,32). The van der Waals surface area contributed by atoms with Crippen LogP contribution in [0.5, 0.6) is 11.5 Å². The highest BCUT2D eigenvalue weighted by atomic mass is 32.1. The Balaban J connectivity index is 1.03. The molecule has 0 saturated carbocycles. The monoisotopic (exact) mass is 597 g/mol. The van der Waals surface area contributed by atoms with E-state index in [-0.39, 0.29) is 12.1 Å². The Morgan fingerprint density at radius 3 is 2.34 bits per heavy atom. The summed E-state index contributed by atoms with van der Waals surface area (Å²) in [7, 11) is 0. The number of unbranched alkanes of at least 4 members (excludes halogenated alkanes) is 2. The summed E-state index contributed by atoms with van der Waals surface area (Å²) in [4.78, 5) is 10.1. The normalized spacial score (nSPS) is 18.4. The van der Waals surface area contributed by atoms with Gasteiger partial charge in [0.25, 0.3) is 0 Å². The highest BCUT2D eigenvalue weighted by Gasteiger charge is 2.31. The zero-order chi connectivity index (χ0) is 28.4. The number of hydrogen-bond donors (Lipinski definition) is 2. The van der Waals surface area contributed by atoms with Crippen LogP contribution in [-0.4, -0.2) is 84.8 Å². The van der Waals surface area contributed by atoms with Crippen LogP contribution in [0.15, 0.2) is 59.1 Å². The van der Waals surface area contributed by atoms with Gasteiger partial charge in [-0.25, -0.2) is 4.98 Å². The third-order valence-corrected chi connectivity index (χ3v) is 8.15. The van der Waals surface area contributed by atoms with Crippen molar-refractivity contribution < 1.29 is 24.2 Å². The topological polar surface area (TPSA) is 115 Å². The molecule has 1 unspecified atom stereocenters. The van der Waals surface area contributed by atoms with Crippen molar-refractivity contribution in [2.45, 2.75) is 25.5 Å². The van der Waals surface area contributed by atoms with Crippen molar-refractivity contribution in [2.75, 3.05) is 57.6 Å². The summed E-state index contributed by atoms with van der Waals surface area (Å²) in [5.74, 6) is 1.68. The summed E-state index contributed by atoms with van der Waals surface area (Å²) >= 11 is 7.21. The molecule has 10 nitrogen and oxygen atoms in total. The van der Waals surface area contributed by atoms with E-state index in [2.05, 4.69) is 20.3 Å². The van der Waals surface area contributed by atoms with Crippen LogP contribution in [0.1, 0.15) is 24.8 Å². The largest absolute Gasteiger partial charge is 0.494 e. The predicted molar refractivity (Wildman–Crippen MR) is 163 cm³/mol. The Bertz CT molecular complexity index is 1300. The molecule has 0 spiro atoms. The van der Waals surface area contributed by atoms with E-state index in [4.69, 9.17) is 47.1 Å². The summed E-state index contributed by atoms with van der Waals surface area (Å²) in [6, 6.07) is 15.2. The molecule has 0 amide bonds. The van der Waals surface area contributed by atoms with E-state index in [1.807, 2.05) is 36.4 Å². The molecule has 3 aromatic rings. The molecular weight excluding hydrogens is 562 g/mol. The van der Waals surface area contributed by atoms with Gasteiger partial charge in [0, 0.05) is 29.6 Å². The minimum absolute atomic E-state index is 0.00625. The quantitative estimate of drug-likeness (QED) is 0.0780. The predicted octanol–water partition coefficient (Wildman–Crippen LogP) is 4.36. The molecule has 1 aromatic heterocycles. The lowest BCUT2D eigenvalue weighted by molar-refractivity contribution is -0.0855. The number of anilines is 1. The zero-order valence-electron chi connectivity index (χ0n) is 22.8. The molecular formula is C29H35N5O5S2. The molecule has 2 fully saturated rings. The maximum Gasteiger partial charge on any atom is 0.190 e. The van der Waals surface area contributed by atoms with Gasteiger partial charge in [0.15, 0.2) is 11.0 Å². The van der Waals surface area contributed by atoms with Crippen molar-refractivity contribution in [1.82, 2.24) is 9.88 Å². The van der Waals surface area contributed by atoms with Crippen molar-refractivity contribution in [3.63, 3.8) is 0 Å². The number of hydrogen-bond acceptors (Lipinski definition) is 10. The summed E-state index contributed by atoms with van der Waals surface area (Å²) in [5.41, 5.74) is 8.19. The van der Waals surface area contributed by atoms with Gasteiger partial charge in [-0.15, -0.1) is 11.3 Å². The van der Waals surface area contributed by atoms with E-state index in [9.17, 15) is 0 Å². The maximum absolute atomic E-state index is 8.73. The van der Waals surface area contributed by atoms with Gasteiger partial charge in [-0.1, -0.05) is 17.4 Å². The van der Waals surface area contributed by atoms with Crippen molar-refractivity contribution in [3.8, 4) is 22.8 Å². The molecule has 41 heavy (non-hydrogen) atoms. The first-order chi connectivity index (χ1) is 20.1. The van der Waals surface area contributed by atoms with Crippen LogP contribution in [0.2, 0.25) is 0 Å². The Kier molecular flexibility index (Phi) is 10.4. The summed E-state index contributed by atoms with van der Waals surface area (Å²) in [6.07, 6.45) is 2.86. The van der Waals surface area contributed by atoms with Gasteiger partial charge in [0.05, 0.1) is 45.3 Å². The number of oxime groups is 1. The van der Waals surface area contributed by atoms with Gasteiger partial charge < -0.3 is 34.8 Å². The molecule has 3 N–H and O–H groups in total. The number of amidine groups is 1. The van der Waals surface area contributed by atoms with Gasteiger partial charge in [-0.05, 0) is 67.8 Å². The number of nitrogens with zero attached hydrogens (tertiary/aromatic N) is 4. The molecule has 2 aliphatic heterocycles. The molecule has 12 heteroatoms. The summed E-state index contributed by atoms with van der Waals surface area (Å²) in [5, 5.41) is 14.7. The Morgan fingerprint density at radius 1 is 1.02 bits per heavy atom. The average Bonchev–Trinajstić information content (AvgIpc) is 3.51. The van der Waals surface area contributed by atoms with E-state index in [1.54, 1.807) is 23.5 Å². The van der Waals surface area contributed by atoms with E-state index < -0.39 is 0 Å². The Hall–Kier alpha value is -3.29. The van der Waals surface area contributed by atoms with Gasteiger partial charge >= 0.3 is 0 Å². The van der Waals surface area contributed by atoms with Crippen molar-refractivity contribution >= 4 is 39.5 Å². The molecule has 3 heterocycles. The second-order valence-corrected chi connectivity index (χ2v) is 11.0. The van der Waals surface area contributed by atoms with Crippen LogP contribution >= 0.6 is 23.6 Å². The minimum atomic E-state index is -0.00625. The number of morpholine rings is 2. The van der Waals surface area contributed by atoms with Crippen LogP contribution in [-0.2, 0) is 9.47 Å². The molecule has 2 aliphatic rings. The van der Waals surface area contributed by atoms with Gasteiger partial charge in [0.1, 0.15) is 22.7 Å². The van der Waals surface area contributed by atoms with E-state index in [1.165, 1.54) is 0 Å². The fourth-order valence-corrected chi connectivity index (χ4v) is 5.77. The fourth-order valence-electron chi connectivity index (χ4n) is 4.61. The number of thiocarbonyl (C=S) groups is 1. The Morgan fingerprint density at radius 2 is 1.68 bits per heavy atom. The minimum Gasteiger partial charge on any atom is -0.494 e. The SMILES string of the molecule is N/C(=N/O)c1ccc(OCCCCCOc2ccc(-c3csc(N4CC(N5CCOCC5)OCC4=S)n3)cc2)cc1. The zero-order valence-corrected chi connectivity index (χ0v) is 24.4. The number of benzene rings is 2. The maximum atomic E-state index is 8.73. The van der Waals surface area contributed by atoms with Crippen LogP contribution < -0.4 is 20.1 Å². The molecule has 0 radical (unpaired) electrons. The number of rotatable bonds is 12. The number of ether oxygens (including phenoxy) is 4. The van der Waals surface area contributed by atoms with Gasteiger partial charge in [-0.3, -0.25) is 4.90 Å². The molecule has 2 saturated heterocycles. The van der Waals surface area contributed by atoms with Gasteiger partial charge in [-0.2, -0.15) is 0 Å². The molecule has 1 atom stereocenters. The second kappa shape index (κ2) is 14.6. The van der Waals surface area contributed by atoms with Crippen molar-refractivity contribution in [1.29, 1.82) is 0 Å². The van der Waals surface area contributed by atoms with Crippen LogP contribution in [0, 0.1) is 0 Å². The van der Waals surface area contributed by atoms with Crippen LogP contribution in [0.4, 0.5) is 5.13 Å².